The Morgan fingerprint density at radius 3 is 1.91 bits per heavy atom. The Morgan fingerprint density at radius 1 is 0.741 bits per heavy atom. The summed E-state index contributed by atoms with van der Waals surface area (Å²) in [5.41, 5.74) is -1.27. The van der Waals surface area contributed by atoms with Crippen LogP contribution in [0.4, 0.5) is 5.69 Å². The number of carbonyl (C=O) groups is 2. The molecule has 0 radical (unpaired) electrons. The molecule has 1 atom stereocenters. The van der Waals surface area contributed by atoms with Gasteiger partial charge in [-0.15, -0.1) is 11.3 Å². The summed E-state index contributed by atoms with van der Waals surface area (Å²) in [5.74, 6) is -1.79. The van der Waals surface area contributed by atoms with E-state index in [1.165, 1.54) is 91.4 Å². The first-order valence-corrected chi connectivity index (χ1v) is 23.5. The van der Waals surface area contributed by atoms with Crippen molar-refractivity contribution < 1.29 is 26.9 Å². The third kappa shape index (κ3) is 13.9. The standard InChI is InChI=1S/C44H62N4O8S2/c1-5-7-9-10-11-12-13-14-15-16-17-18-19-23-32-58(53,54)56-36-28-29-38(55-34(3)4)37(33-36)45-42(50)40(41(49)39-27-24-31-57-39)47-43(51)46(30-8-6-2)48(44(47)52)35-25-21-20-22-26-35/h20-22,24-29,31,33-34,40H,5-19,23,30,32H2,1-4H3,(H,45,50). The van der Waals surface area contributed by atoms with Crippen LogP contribution in [0.2, 0.25) is 0 Å². The number of carbonyl (C=O) groups excluding carboxylic acids is 2. The molecule has 2 heterocycles. The van der Waals surface area contributed by atoms with E-state index in [1.807, 2.05) is 6.92 Å². The Bertz CT molecular complexity index is 2090. The highest BCUT2D eigenvalue weighted by Crippen LogP contribution is 2.32. The van der Waals surface area contributed by atoms with E-state index in [1.54, 1.807) is 55.6 Å². The first-order chi connectivity index (χ1) is 28.0. The van der Waals surface area contributed by atoms with E-state index in [0.29, 0.717) is 23.1 Å². The molecule has 0 aliphatic carbocycles. The molecule has 12 nitrogen and oxygen atoms in total. The first-order valence-electron chi connectivity index (χ1n) is 21.1. The number of nitrogens with one attached hydrogen (secondary N) is 1. The summed E-state index contributed by atoms with van der Waals surface area (Å²) >= 11 is 1.08. The lowest BCUT2D eigenvalue weighted by molar-refractivity contribution is -0.118. The number of aromatic nitrogens is 3. The van der Waals surface area contributed by atoms with E-state index in [2.05, 4.69) is 12.2 Å². The number of benzene rings is 2. The second-order valence-electron chi connectivity index (χ2n) is 15.1. The lowest BCUT2D eigenvalue weighted by atomic mass is 10.0. The van der Waals surface area contributed by atoms with Crippen molar-refractivity contribution in [1.82, 2.24) is 13.9 Å². The number of hydrogen-bond donors (Lipinski definition) is 1. The van der Waals surface area contributed by atoms with Crippen molar-refractivity contribution in [3.05, 3.63) is 91.9 Å². The maximum absolute atomic E-state index is 14.4. The van der Waals surface area contributed by atoms with Crippen LogP contribution in [0.25, 0.3) is 5.69 Å². The monoisotopic (exact) mass is 838 g/mol. The van der Waals surface area contributed by atoms with Crippen LogP contribution < -0.4 is 25.6 Å². The number of thiophene rings is 1. The molecule has 0 aliphatic rings. The molecule has 14 heteroatoms. The van der Waals surface area contributed by atoms with E-state index in [-0.39, 0.29) is 40.5 Å². The average molecular weight is 839 g/mol. The Labute approximate surface area is 347 Å². The van der Waals surface area contributed by atoms with Crippen LogP contribution in [0.15, 0.2) is 75.6 Å². The zero-order chi connectivity index (χ0) is 41.9. The van der Waals surface area contributed by atoms with Gasteiger partial charge < -0.3 is 14.2 Å². The maximum atomic E-state index is 14.4. The van der Waals surface area contributed by atoms with Crippen LogP contribution >= 0.6 is 11.3 Å². The van der Waals surface area contributed by atoms with Gasteiger partial charge in [-0.2, -0.15) is 13.1 Å². The summed E-state index contributed by atoms with van der Waals surface area (Å²) in [6.45, 7) is 7.92. The fraction of sp³-hybridized carbons (Fsp3) is 0.545. The van der Waals surface area contributed by atoms with Crippen LogP contribution in [0.3, 0.4) is 0 Å². The van der Waals surface area contributed by atoms with Crippen molar-refractivity contribution in [2.24, 2.45) is 0 Å². The molecule has 58 heavy (non-hydrogen) atoms. The summed E-state index contributed by atoms with van der Waals surface area (Å²) in [4.78, 5) is 56.9. The van der Waals surface area contributed by atoms with E-state index in [0.717, 1.165) is 43.4 Å². The number of rotatable bonds is 28. The number of ether oxygens (including phenoxy) is 1. The largest absolute Gasteiger partial charge is 0.489 e. The molecule has 1 amide bonds. The van der Waals surface area contributed by atoms with Crippen molar-refractivity contribution in [2.45, 2.75) is 149 Å². The van der Waals surface area contributed by atoms with Gasteiger partial charge in [0.05, 0.1) is 28.1 Å². The van der Waals surface area contributed by atoms with Crippen LogP contribution in [0.1, 0.15) is 146 Å². The maximum Gasteiger partial charge on any atom is 0.353 e. The predicted molar refractivity (Wildman–Crippen MR) is 232 cm³/mol. The molecule has 1 N–H and O–H groups in total. The molecule has 318 valence electrons. The number of nitrogens with zero attached hydrogens (tertiary/aromatic N) is 3. The minimum atomic E-state index is -3.98. The minimum Gasteiger partial charge on any atom is -0.489 e. The quantitative estimate of drug-likeness (QED) is 0.0257. The summed E-state index contributed by atoms with van der Waals surface area (Å²) in [6, 6.07) is 14.0. The fourth-order valence-corrected chi connectivity index (χ4v) is 8.55. The molecule has 4 aromatic rings. The smallest absolute Gasteiger partial charge is 0.353 e. The van der Waals surface area contributed by atoms with Crippen LogP contribution in [-0.2, 0) is 21.5 Å². The van der Waals surface area contributed by atoms with Gasteiger partial charge in [0.1, 0.15) is 11.5 Å². The molecule has 2 aromatic carbocycles. The second-order valence-corrected chi connectivity index (χ2v) is 17.7. The molecule has 0 fully saturated rings. The Kier molecular flexibility index (Phi) is 19.0. The van der Waals surface area contributed by atoms with E-state index in [4.69, 9.17) is 8.92 Å². The van der Waals surface area contributed by atoms with Crippen molar-refractivity contribution in [3.63, 3.8) is 0 Å². The molecule has 0 aliphatic heterocycles. The Hall–Kier alpha value is -4.43. The van der Waals surface area contributed by atoms with Gasteiger partial charge in [0.25, 0.3) is 5.91 Å². The van der Waals surface area contributed by atoms with E-state index < -0.39 is 39.2 Å². The van der Waals surface area contributed by atoms with Crippen LogP contribution in [-0.4, -0.2) is 45.9 Å². The minimum absolute atomic E-state index is 0.00808. The number of unbranched alkanes of at least 4 members (excludes halogenated alkanes) is 14. The topological polar surface area (TPSA) is 148 Å². The number of para-hydroxylation sites is 1. The van der Waals surface area contributed by atoms with Gasteiger partial charge in [0.2, 0.25) is 5.78 Å². The lowest BCUT2D eigenvalue weighted by Crippen LogP contribution is -2.43. The van der Waals surface area contributed by atoms with Gasteiger partial charge in [-0.1, -0.05) is 128 Å². The molecule has 2 aromatic heterocycles. The number of anilines is 1. The van der Waals surface area contributed by atoms with Crippen molar-refractivity contribution >= 4 is 38.8 Å². The van der Waals surface area contributed by atoms with E-state index >= 15 is 0 Å². The molecular weight excluding hydrogens is 777 g/mol. The second kappa shape index (κ2) is 23.8. The number of ketones is 1. The van der Waals surface area contributed by atoms with E-state index in [9.17, 15) is 27.6 Å². The molecule has 0 bridgehead atoms. The summed E-state index contributed by atoms with van der Waals surface area (Å²) < 4.78 is 40.7. The SMILES string of the molecule is CCCCCCCCCCCCCCCCS(=O)(=O)Oc1ccc(OC(C)C)c(NC(=O)C(C(=O)c2cccs2)n2c(=O)n(CCCC)n(-c3ccccc3)c2=O)c1. The highest BCUT2D eigenvalue weighted by atomic mass is 32.2. The normalized spacial score (nSPS) is 12.2. The van der Waals surface area contributed by atoms with Crippen LogP contribution in [0.5, 0.6) is 11.5 Å². The third-order valence-corrected chi connectivity index (χ3v) is 12.0. The van der Waals surface area contributed by atoms with Gasteiger partial charge in [-0.05, 0) is 62.4 Å². The van der Waals surface area contributed by atoms with Gasteiger partial charge in [0, 0.05) is 12.6 Å². The number of amides is 1. The lowest BCUT2D eigenvalue weighted by Gasteiger charge is -2.19. The van der Waals surface area contributed by atoms with Gasteiger partial charge in [-0.25, -0.2) is 18.8 Å². The van der Waals surface area contributed by atoms with Gasteiger partial charge in [0.15, 0.2) is 6.04 Å². The molecule has 0 spiro atoms. The number of Topliss-reactive ketones (excluding diaryl/α,β-unsaturated/α-hetero) is 1. The third-order valence-electron chi connectivity index (χ3n) is 9.84. The van der Waals surface area contributed by atoms with Crippen molar-refractivity contribution in [2.75, 3.05) is 11.1 Å². The Balaban J connectivity index is 1.49. The highest BCUT2D eigenvalue weighted by Gasteiger charge is 2.36. The summed E-state index contributed by atoms with van der Waals surface area (Å²) in [5, 5.41) is 4.34. The summed E-state index contributed by atoms with van der Waals surface area (Å²) in [6.07, 6.45) is 17.0. The summed E-state index contributed by atoms with van der Waals surface area (Å²) in [7, 11) is -3.98. The molecule has 1 unspecified atom stereocenters. The predicted octanol–water partition coefficient (Wildman–Crippen LogP) is 9.70. The molecule has 0 saturated heterocycles. The fourth-order valence-electron chi connectivity index (χ4n) is 6.83. The Morgan fingerprint density at radius 2 is 1.34 bits per heavy atom. The average Bonchev–Trinajstić information content (AvgIpc) is 3.82. The highest BCUT2D eigenvalue weighted by molar-refractivity contribution is 7.87. The number of hydrogen-bond acceptors (Lipinski definition) is 9. The van der Waals surface area contributed by atoms with Gasteiger partial charge in [-0.3, -0.25) is 9.59 Å². The van der Waals surface area contributed by atoms with Crippen molar-refractivity contribution in [3.8, 4) is 17.2 Å². The molecular formula is C44H62N4O8S2. The molecule has 4 rings (SSSR count). The first kappa shape index (κ1) is 46.3. The molecule has 0 saturated carbocycles. The van der Waals surface area contributed by atoms with Gasteiger partial charge >= 0.3 is 21.5 Å². The zero-order valence-electron chi connectivity index (χ0n) is 34.7. The van der Waals surface area contributed by atoms with Crippen molar-refractivity contribution in [1.29, 1.82) is 0 Å². The van der Waals surface area contributed by atoms with Crippen LogP contribution in [0, 0.1) is 0 Å². The zero-order valence-corrected chi connectivity index (χ0v) is 36.3.